The van der Waals surface area contributed by atoms with Gasteiger partial charge in [0.25, 0.3) is 10.0 Å². The van der Waals surface area contributed by atoms with Crippen molar-refractivity contribution in [1.29, 1.82) is 0 Å². The van der Waals surface area contributed by atoms with Crippen molar-refractivity contribution in [2.24, 2.45) is 0 Å². The molecule has 2 rings (SSSR count). The van der Waals surface area contributed by atoms with Crippen LogP contribution in [0.5, 0.6) is 0 Å². The number of carbonyl (C=O) groups is 1. The number of piperidine rings is 1. The molecule has 1 aromatic rings. The number of aromatic nitrogens is 1. The van der Waals surface area contributed by atoms with Gasteiger partial charge in [0.05, 0.1) is 5.56 Å². The zero-order valence-corrected chi connectivity index (χ0v) is 12.6. The van der Waals surface area contributed by atoms with E-state index in [1.807, 2.05) is 0 Å². The molecule has 21 heavy (non-hydrogen) atoms. The highest BCUT2D eigenvalue weighted by molar-refractivity contribution is 7.89. The third kappa shape index (κ3) is 3.99. The van der Waals surface area contributed by atoms with Gasteiger partial charge in [-0.3, -0.25) is 0 Å². The van der Waals surface area contributed by atoms with Gasteiger partial charge in [-0.15, -0.1) is 0 Å². The smallest absolute Gasteiger partial charge is 0.337 e. The van der Waals surface area contributed by atoms with Crippen LogP contribution in [0.25, 0.3) is 0 Å². The lowest BCUT2D eigenvalue weighted by Gasteiger charge is -2.31. The summed E-state index contributed by atoms with van der Waals surface area (Å²) >= 11 is 0. The van der Waals surface area contributed by atoms with Gasteiger partial charge in [-0.05, 0) is 44.6 Å². The highest BCUT2D eigenvalue weighted by Gasteiger charge is 2.25. The third-order valence-electron chi connectivity index (χ3n) is 3.62. The Bertz CT molecular complexity index is 592. The van der Waals surface area contributed by atoms with E-state index < -0.39 is 16.0 Å². The van der Waals surface area contributed by atoms with Gasteiger partial charge in [-0.25, -0.2) is 22.9 Å². The van der Waals surface area contributed by atoms with Crippen LogP contribution in [0.1, 0.15) is 30.1 Å². The molecule has 0 radical (unpaired) electrons. The van der Waals surface area contributed by atoms with E-state index in [4.69, 9.17) is 5.11 Å². The highest BCUT2D eigenvalue weighted by Crippen LogP contribution is 2.14. The molecule has 0 spiro atoms. The quantitative estimate of drug-likeness (QED) is 0.823. The molecule has 1 saturated heterocycles. The van der Waals surface area contributed by atoms with Gasteiger partial charge in [-0.1, -0.05) is 6.92 Å². The fourth-order valence-electron chi connectivity index (χ4n) is 2.31. The summed E-state index contributed by atoms with van der Waals surface area (Å²) in [7, 11) is -3.70. The standard InChI is InChI=1S/C13H19N3O4S/c1-2-16-7-5-11(6-8-16)15-21(19,20)12-4-3-10(9-14-12)13(17)18/h3-4,9,11,15H,2,5-8H2,1H3,(H,17,18). The average molecular weight is 313 g/mol. The summed E-state index contributed by atoms with van der Waals surface area (Å²) in [6, 6.07) is 2.36. The summed E-state index contributed by atoms with van der Waals surface area (Å²) in [5, 5.41) is 8.63. The van der Waals surface area contributed by atoms with Crippen molar-refractivity contribution in [3.8, 4) is 0 Å². The number of nitrogens with one attached hydrogen (secondary N) is 1. The maximum atomic E-state index is 12.2. The molecule has 1 aliphatic rings. The fraction of sp³-hybridized carbons (Fsp3) is 0.538. The van der Waals surface area contributed by atoms with E-state index >= 15 is 0 Å². The largest absolute Gasteiger partial charge is 0.478 e. The number of rotatable bonds is 5. The molecule has 0 bridgehead atoms. The number of likely N-dealkylation sites (tertiary alicyclic amines) is 1. The van der Waals surface area contributed by atoms with E-state index in [-0.39, 0.29) is 16.6 Å². The molecule has 7 nitrogen and oxygen atoms in total. The molecule has 1 fully saturated rings. The Morgan fingerprint density at radius 1 is 1.43 bits per heavy atom. The molecule has 8 heteroatoms. The first kappa shape index (κ1) is 15.9. The Kier molecular flexibility index (Phi) is 4.92. The zero-order chi connectivity index (χ0) is 15.5. The number of nitrogens with zero attached hydrogens (tertiary/aromatic N) is 2. The highest BCUT2D eigenvalue weighted by atomic mass is 32.2. The molecule has 0 aliphatic carbocycles. The molecule has 116 valence electrons. The Hall–Kier alpha value is -1.51. The Labute approximate surface area is 124 Å². The molecular formula is C13H19N3O4S. The van der Waals surface area contributed by atoms with Crippen molar-refractivity contribution in [3.63, 3.8) is 0 Å². The van der Waals surface area contributed by atoms with Crippen LogP contribution in [-0.4, -0.2) is 55.1 Å². The lowest BCUT2D eigenvalue weighted by Crippen LogP contribution is -2.44. The van der Waals surface area contributed by atoms with Crippen molar-refractivity contribution in [2.75, 3.05) is 19.6 Å². The number of carboxylic acid groups (broad SMARTS) is 1. The third-order valence-corrected chi connectivity index (χ3v) is 5.05. The van der Waals surface area contributed by atoms with Crippen LogP contribution in [0.2, 0.25) is 0 Å². The van der Waals surface area contributed by atoms with Crippen molar-refractivity contribution in [1.82, 2.24) is 14.6 Å². The number of carboxylic acids is 1. The topological polar surface area (TPSA) is 99.6 Å². The summed E-state index contributed by atoms with van der Waals surface area (Å²) in [5.41, 5.74) is -0.0368. The van der Waals surface area contributed by atoms with Gasteiger partial charge in [0.15, 0.2) is 5.03 Å². The fourth-order valence-corrected chi connectivity index (χ4v) is 3.55. The predicted molar refractivity (Wildman–Crippen MR) is 76.7 cm³/mol. The molecular weight excluding hydrogens is 294 g/mol. The minimum atomic E-state index is -3.70. The SMILES string of the molecule is CCN1CCC(NS(=O)(=O)c2ccc(C(=O)O)cn2)CC1. The van der Waals surface area contributed by atoms with Crippen LogP contribution in [-0.2, 0) is 10.0 Å². The zero-order valence-electron chi connectivity index (χ0n) is 11.8. The maximum Gasteiger partial charge on any atom is 0.337 e. The first-order valence-electron chi connectivity index (χ1n) is 6.86. The number of pyridine rings is 1. The molecule has 0 amide bonds. The molecule has 0 unspecified atom stereocenters. The second kappa shape index (κ2) is 6.50. The average Bonchev–Trinajstić information content (AvgIpc) is 2.48. The Balaban J connectivity index is 2.03. The maximum absolute atomic E-state index is 12.2. The van der Waals surface area contributed by atoms with Crippen LogP contribution >= 0.6 is 0 Å². The van der Waals surface area contributed by atoms with Gasteiger partial charge in [-0.2, -0.15) is 0 Å². The lowest BCUT2D eigenvalue weighted by atomic mass is 10.1. The number of aromatic carboxylic acids is 1. The van der Waals surface area contributed by atoms with E-state index in [0.717, 1.165) is 38.7 Å². The molecule has 0 atom stereocenters. The monoisotopic (exact) mass is 313 g/mol. The second-order valence-electron chi connectivity index (χ2n) is 5.02. The van der Waals surface area contributed by atoms with Crippen LogP contribution in [0.3, 0.4) is 0 Å². The molecule has 0 saturated carbocycles. The minimum absolute atomic E-state index is 0.0368. The Morgan fingerprint density at radius 2 is 2.10 bits per heavy atom. The van der Waals surface area contributed by atoms with Gasteiger partial charge >= 0.3 is 5.97 Å². The van der Waals surface area contributed by atoms with E-state index in [0.29, 0.717) is 0 Å². The van der Waals surface area contributed by atoms with Crippen molar-refractivity contribution >= 4 is 16.0 Å². The lowest BCUT2D eigenvalue weighted by molar-refractivity contribution is 0.0696. The molecule has 2 heterocycles. The van der Waals surface area contributed by atoms with Gasteiger partial charge in [0, 0.05) is 12.2 Å². The molecule has 2 N–H and O–H groups in total. The number of sulfonamides is 1. The summed E-state index contributed by atoms with van der Waals surface area (Å²) in [6.07, 6.45) is 2.58. The summed E-state index contributed by atoms with van der Waals surface area (Å²) < 4.78 is 27.0. The van der Waals surface area contributed by atoms with Gasteiger partial charge in [0.2, 0.25) is 0 Å². The van der Waals surface area contributed by atoms with Gasteiger partial charge in [0.1, 0.15) is 0 Å². The second-order valence-corrected chi connectivity index (χ2v) is 6.68. The predicted octanol–water partition coefficient (Wildman–Crippen LogP) is 0.542. The summed E-state index contributed by atoms with van der Waals surface area (Å²) in [4.78, 5) is 16.7. The van der Waals surface area contributed by atoms with E-state index in [2.05, 4.69) is 21.5 Å². The molecule has 1 aromatic heterocycles. The molecule has 1 aliphatic heterocycles. The van der Waals surface area contributed by atoms with Crippen molar-refractivity contribution < 1.29 is 18.3 Å². The first-order valence-corrected chi connectivity index (χ1v) is 8.34. The van der Waals surface area contributed by atoms with Crippen molar-refractivity contribution in [3.05, 3.63) is 23.9 Å². The number of hydrogen-bond donors (Lipinski definition) is 2. The molecule has 0 aromatic carbocycles. The normalized spacial score (nSPS) is 17.8. The minimum Gasteiger partial charge on any atom is -0.478 e. The van der Waals surface area contributed by atoms with E-state index in [1.54, 1.807) is 0 Å². The van der Waals surface area contributed by atoms with Gasteiger partial charge < -0.3 is 10.0 Å². The van der Waals surface area contributed by atoms with Crippen molar-refractivity contribution in [2.45, 2.75) is 30.8 Å². The van der Waals surface area contributed by atoms with Crippen LogP contribution < -0.4 is 4.72 Å². The summed E-state index contributed by atoms with van der Waals surface area (Å²) in [5.74, 6) is -1.13. The van der Waals surface area contributed by atoms with Crippen LogP contribution in [0.15, 0.2) is 23.4 Å². The van der Waals surface area contributed by atoms with Crippen LogP contribution in [0.4, 0.5) is 0 Å². The first-order chi connectivity index (χ1) is 9.92. The van der Waals surface area contributed by atoms with E-state index in [1.165, 1.54) is 12.1 Å². The van der Waals surface area contributed by atoms with Crippen LogP contribution in [0, 0.1) is 0 Å². The van der Waals surface area contributed by atoms with E-state index in [9.17, 15) is 13.2 Å². The number of hydrogen-bond acceptors (Lipinski definition) is 5. The Morgan fingerprint density at radius 3 is 2.57 bits per heavy atom. The summed E-state index contributed by atoms with van der Waals surface area (Å²) in [6.45, 7) is 4.79.